The molecule has 0 saturated heterocycles. The second-order valence-corrected chi connectivity index (χ2v) is 9.77. The minimum Gasteiger partial charge on any atom is -0.508 e. The maximum atomic E-state index is 13.5. The molecule has 0 spiro atoms. The molecule has 1 aromatic heterocycles. The van der Waals surface area contributed by atoms with E-state index in [4.69, 9.17) is 4.74 Å². The number of phenolic OH excluding ortho intramolecular Hbond substituents is 2. The molecule has 0 unspecified atom stereocenters. The molecule has 164 valence electrons. The van der Waals surface area contributed by atoms with Gasteiger partial charge in [0, 0.05) is 18.5 Å². The number of aryl methyl sites for hydroxylation is 1. The van der Waals surface area contributed by atoms with E-state index in [9.17, 15) is 15.0 Å². The number of benzene rings is 4. The standard InChI is InChI=1S/C27H21NO4S/c1-28-25-13-7-19(32-2)15-23(25)27(31)24-16-22(12-14-26(24)28)33(20-8-3-17(29)4-9-20)21-10-5-18(30)6-11-21/h3-16H,1-2H3,(H-,29,30)/p+1. The van der Waals surface area contributed by atoms with Gasteiger partial charge in [0.2, 0.25) is 0 Å². The van der Waals surface area contributed by atoms with Crippen LogP contribution in [0.1, 0.15) is 0 Å². The zero-order chi connectivity index (χ0) is 23.1. The van der Waals surface area contributed by atoms with E-state index in [-0.39, 0.29) is 16.9 Å². The average Bonchev–Trinajstić information content (AvgIpc) is 2.84. The number of pyridine rings is 1. The van der Waals surface area contributed by atoms with Gasteiger partial charge >= 0.3 is 0 Å². The van der Waals surface area contributed by atoms with Crippen molar-refractivity contribution in [2.45, 2.75) is 14.7 Å². The Morgan fingerprint density at radius 3 is 1.73 bits per heavy atom. The van der Waals surface area contributed by atoms with E-state index < -0.39 is 10.9 Å². The van der Waals surface area contributed by atoms with Crippen LogP contribution in [0.25, 0.3) is 21.8 Å². The fourth-order valence-electron chi connectivity index (χ4n) is 4.08. The molecule has 2 N–H and O–H groups in total. The van der Waals surface area contributed by atoms with Gasteiger partial charge in [0.1, 0.15) is 17.2 Å². The molecule has 0 aliphatic rings. The highest BCUT2D eigenvalue weighted by molar-refractivity contribution is 7.97. The molecule has 33 heavy (non-hydrogen) atoms. The molecular formula is C27H22NO4S+. The third kappa shape index (κ3) is 3.68. The van der Waals surface area contributed by atoms with Crippen molar-refractivity contribution < 1.29 is 14.9 Å². The lowest BCUT2D eigenvalue weighted by molar-refractivity contribution is 0.415. The van der Waals surface area contributed by atoms with E-state index in [2.05, 4.69) is 0 Å². The van der Waals surface area contributed by atoms with Crippen molar-refractivity contribution in [3.8, 4) is 17.2 Å². The summed E-state index contributed by atoms with van der Waals surface area (Å²) in [5.74, 6) is 1.03. The number of aromatic hydroxyl groups is 2. The predicted octanol–water partition coefficient (Wildman–Crippen LogP) is 5.21. The number of methoxy groups -OCH3 is 1. The lowest BCUT2D eigenvalue weighted by atomic mass is 10.1. The number of nitrogens with zero attached hydrogens (tertiary/aromatic N) is 1. The Morgan fingerprint density at radius 1 is 0.697 bits per heavy atom. The van der Waals surface area contributed by atoms with Gasteiger partial charge < -0.3 is 19.5 Å². The third-order valence-corrected chi connectivity index (χ3v) is 7.98. The number of fused-ring (bicyclic) bond motifs is 2. The van der Waals surface area contributed by atoms with Gasteiger partial charge in [-0.3, -0.25) is 4.79 Å². The first-order valence-corrected chi connectivity index (χ1v) is 11.6. The Morgan fingerprint density at radius 2 is 1.18 bits per heavy atom. The smallest absolute Gasteiger partial charge is 0.197 e. The first-order chi connectivity index (χ1) is 16.0. The summed E-state index contributed by atoms with van der Waals surface area (Å²) in [5.41, 5.74) is 1.65. The van der Waals surface area contributed by atoms with Crippen LogP contribution in [-0.4, -0.2) is 21.9 Å². The quantitative estimate of drug-likeness (QED) is 0.288. The Bertz CT molecular complexity index is 1490. The van der Waals surface area contributed by atoms with Gasteiger partial charge in [-0.05, 0) is 78.9 Å². The molecule has 0 saturated carbocycles. The number of aromatic nitrogens is 1. The van der Waals surface area contributed by atoms with Crippen molar-refractivity contribution in [3.63, 3.8) is 0 Å². The Kier molecular flexibility index (Phi) is 5.23. The van der Waals surface area contributed by atoms with Crippen LogP contribution in [0, 0.1) is 0 Å². The molecule has 5 nitrogen and oxygen atoms in total. The molecule has 5 aromatic rings. The summed E-state index contributed by atoms with van der Waals surface area (Å²) in [6, 6.07) is 25.7. The van der Waals surface area contributed by atoms with E-state index in [1.54, 1.807) is 37.4 Å². The van der Waals surface area contributed by atoms with Crippen LogP contribution in [0.3, 0.4) is 0 Å². The van der Waals surface area contributed by atoms with Crippen molar-refractivity contribution in [2.24, 2.45) is 7.05 Å². The number of phenols is 2. The lowest BCUT2D eigenvalue weighted by Gasteiger charge is -2.13. The Labute approximate surface area is 193 Å². The number of rotatable bonds is 4. The summed E-state index contributed by atoms with van der Waals surface area (Å²) in [5, 5.41) is 20.8. The molecule has 0 fully saturated rings. The zero-order valence-electron chi connectivity index (χ0n) is 18.1. The van der Waals surface area contributed by atoms with E-state index in [0.29, 0.717) is 16.5 Å². The van der Waals surface area contributed by atoms with Crippen LogP contribution in [0.4, 0.5) is 0 Å². The number of hydrogen-bond acceptors (Lipinski definition) is 4. The van der Waals surface area contributed by atoms with Crippen molar-refractivity contribution in [2.75, 3.05) is 7.11 Å². The van der Waals surface area contributed by atoms with Crippen LogP contribution in [0.15, 0.2) is 104 Å². The fraction of sp³-hybridized carbons (Fsp3) is 0.0741. The number of hydrogen-bond donors (Lipinski definition) is 2. The first-order valence-electron chi connectivity index (χ1n) is 10.4. The lowest BCUT2D eigenvalue weighted by Crippen LogP contribution is -2.11. The zero-order valence-corrected chi connectivity index (χ0v) is 19.0. The van der Waals surface area contributed by atoms with E-state index in [1.165, 1.54) is 0 Å². The maximum Gasteiger partial charge on any atom is 0.197 e. The summed E-state index contributed by atoms with van der Waals surface area (Å²) >= 11 is 0. The molecule has 0 atom stereocenters. The van der Waals surface area contributed by atoms with E-state index >= 15 is 0 Å². The molecule has 4 aromatic carbocycles. The van der Waals surface area contributed by atoms with Crippen molar-refractivity contribution >= 4 is 32.7 Å². The van der Waals surface area contributed by atoms with Crippen molar-refractivity contribution in [1.29, 1.82) is 0 Å². The molecule has 0 bridgehead atoms. The minimum absolute atomic E-state index is 0.0428. The average molecular weight is 457 g/mol. The molecule has 1 heterocycles. The highest BCUT2D eigenvalue weighted by Gasteiger charge is 2.29. The Hall–Kier alpha value is -3.90. The molecular weight excluding hydrogens is 434 g/mol. The van der Waals surface area contributed by atoms with Gasteiger partial charge in [0.15, 0.2) is 20.1 Å². The van der Waals surface area contributed by atoms with Crippen LogP contribution in [0.2, 0.25) is 0 Å². The molecule has 0 aliphatic heterocycles. The first kappa shape index (κ1) is 21.0. The van der Waals surface area contributed by atoms with Gasteiger partial charge in [-0.1, -0.05) is 0 Å². The topological polar surface area (TPSA) is 71.7 Å². The molecule has 6 heteroatoms. The molecule has 0 radical (unpaired) electrons. The van der Waals surface area contributed by atoms with Crippen LogP contribution in [-0.2, 0) is 17.9 Å². The monoisotopic (exact) mass is 456 g/mol. The van der Waals surface area contributed by atoms with Gasteiger partial charge in [0.25, 0.3) is 0 Å². The van der Waals surface area contributed by atoms with E-state index in [1.807, 2.05) is 66.2 Å². The predicted molar refractivity (Wildman–Crippen MR) is 132 cm³/mol. The number of ether oxygens (including phenoxy) is 1. The van der Waals surface area contributed by atoms with Gasteiger partial charge in [-0.25, -0.2) is 0 Å². The van der Waals surface area contributed by atoms with Gasteiger partial charge in [0.05, 0.1) is 34.4 Å². The van der Waals surface area contributed by atoms with Crippen LogP contribution >= 0.6 is 0 Å². The minimum atomic E-state index is -0.537. The SMILES string of the molecule is COc1ccc2c(c1)c(=O)c1cc([S+](c3ccc(O)cc3)c3ccc(O)cc3)ccc1n2C. The van der Waals surface area contributed by atoms with Crippen LogP contribution < -0.4 is 10.2 Å². The summed E-state index contributed by atoms with van der Waals surface area (Å²) < 4.78 is 7.36. The van der Waals surface area contributed by atoms with Crippen molar-refractivity contribution in [1.82, 2.24) is 4.57 Å². The van der Waals surface area contributed by atoms with Gasteiger partial charge in [-0.2, -0.15) is 0 Å². The summed E-state index contributed by atoms with van der Waals surface area (Å²) in [6.07, 6.45) is 0. The summed E-state index contributed by atoms with van der Waals surface area (Å²) in [4.78, 5) is 16.5. The van der Waals surface area contributed by atoms with Crippen LogP contribution in [0.5, 0.6) is 17.2 Å². The Balaban J connectivity index is 1.77. The van der Waals surface area contributed by atoms with Gasteiger partial charge in [-0.15, -0.1) is 0 Å². The molecule has 0 amide bonds. The second kappa shape index (κ2) is 8.22. The molecule has 0 aliphatic carbocycles. The third-order valence-electron chi connectivity index (χ3n) is 5.76. The summed E-state index contributed by atoms with van der Waals surface area (Å²) in [6.45, 7) is 0. The van der Waals surface area contributed by atoms with Crippen molar-refractivity contribution in [3.05, 3.63) is 95.2 Å². The maximum absolute atomic E-state index is 13.5. The highest BCUT2D eigenvalue weighted by atomic mass is 32.2. The van der Waals surface area contributed by atoms with E-state index in [0.717, 1.165) is 25.7 Å². The molecule has 5 rings (SSSR count). The second-order valence-electron chi connectivity index (χ2n) is 7.74. The summed E-state index contributed by atoms with van der Waals surface area (Å²) in [7, 11) is 3.01. The normalized spacial score (nSPS) is 11.4. The highest BCUT2D eigenvalue weighted by Crippen LogP contribution is 2.34. The fourth-order valence-corrected chi connectivity index (χ4v) is 6.15. The largest absolute Gasteiger partial charge is 0.508 e.